The summed E-state index contributed by atoms with van der Waals surface area (Å²) in [6.45, 7) is 9.25. The molecule has 1 heterocycles. The van der Waals surface area contributed by atoms with Gasteiger partial charge in [0.05, 0.1) is 6.61 Å². The molecule has 3 nitrogen and oxygen atoms in total. The van der Waals surface area contributed by atoms with Crippen molar-refractivity contribution in [2.24, 2.45) is 0 Å². The molecule has 0 amide bonds. The topological polar surface area (TPSA) is 15.7 Å². The van der Waals surface area contributed by atoms with Crippen LogP contribution in [0, 0.1) is 7.05 Å². The third-order valence-corrected chi connectivity index (χ3v) is 2.22. The maximum absolute atomic E-state index is 5.29. The third kappa shape index (κ3) is 3.52. The molecule has 0 radical (unpaired) electrons. The molecule has 72 valence electrons. The highest BCUT2D eigenvalue weighted by Crippen LogP contribution is 1.98. The van der Waals surface area contributed by atoms with Gasteiger partial charge in [-0.05, 0) is 20.0 Å². The van der Waals surface area contributed by atoms with Crippen LogP contribution in [0.1, 0.15) is 6.92 Å². The summed E-state index contributed by atoms with van der Waals surface area (Å²) < 4.78 is 5.29. The zero-order valence-electron chi connectivity index (χ0n) is 7.96. The molecular formula is C9H19N2O-. The number of rotatable bonds is 4. The zero-order chi connectivity index (χ0) is 8.81. The summed E-state index contributed by atoms with van der Waals surface area (Å²) in [6.07, 6.45) is 0. The SMILES string of the molecule is [CH2-]N1CCN(CCOCC)CC1. The molecule has 1 saturated heterocycles. The lowest BCUT2D eigenvalue weighted by atomic mass is 10.3. The summed E-state index contributed by atoms with van der Waals surface area (Å²) in [5.74, 6) is 0. The molecule has 12 heavy (non-hydrogen) atoms. The maximum atomic E-state index is 5.29. The molecule has 0 saturated carbocycles. The Hall–Kier alpha value is -0.120. The Balaban J connectivity index is 2.01. The van der Waals surface area contributed by atoms with Gasteiger partial charge in [-0.15, -0.1) is 0 Å². The first-order valence-electron chi connectivity index (χ1n) is 4.68. The van der Waals surface area contributed by atoms with Crippen molar-refractivity contribution >= 4 is 0 Å². The minimum Gasteiger partial charge on any atom is -0.457 e. The number of nitrogens with zero attached hydrogens (tertiary/aromatic N) is 2. The lowest BCUT2D eigenvalue weighted by Gasteiger charge is -2.36. The number of hydrogen-bond donors (Lipinski definition) is 0. The van der Waals surface area contributed by atoms with E-state index in [0.29, 0.717) is 0 Å². The van der Waals surface area contributed by atoms with Gasteiger partial charge in [-0.1, -0.05) is 0 Å². The molecule has 3 heteroatoms. The first-order chi connectivity index (χ1) is 5.83. The van der Waals surface area contributed by atoms with E-state index in [0.717, 1.165) is 45.9 Å². The van der Waals surface area contributed by atoms with Crippen LogP contribution in [0.25, 0.3) is 0 Å². The van der Waals surface area contributed by atoms with Crippen molar-refractivity contribution in [3.63, 3.8) is 0 Å². The van der Waals surface area contributed by atoms with E-state index in [1.807, 2.05) is 6.92 Å². The molecule has 1 rings (SSSR count). The van der Waals surface area contributed by atoms with Gasteiger partial charge < -0.3 is 9.64 Å². The van der Waals surface area contributed by atoms with Gasteiger partial charge in [0, 0.05) is 26.2 Å². The van der Waals surface area contributed by atoms with E-state index in [2.05, 4.69) is 16.8 Å². The van der Waals surface area contributed by atoms with Crippen LogP contribution in [0.3, 0.4) is 0 Å². The Labute approximate surface area is 75.3 Å². The summed E-state index contributed by atoms with van der Waals surface area (Å²) in [5, 5.41) is 0. The van der Waals surface area contributed by atoms with E-state index in [9.17, 15) is 0 Å². The van der Waals surface area contributed by atoms with Gasteiger partial charge in [0.25, 0.3) is 0 Å². The van der Waals surface area contributed by atoms with Gasteiger partial charge in [0.15, 0.2) is 0 Å². The van der Waals surface area contributed by atoms with Crippen molar-refractivity contribution in [3.05, 3.63) is 7.05 Å². The van der Waals surface area contributed by atoms with Crippen molar-refractivity contribution in [1.82, 2.24) is 9.80 Å². The van der Waals surface area contributed by atoms with E-state index >= 15 is 0 Å². The number of ether oxygens (including phenoxy) is 1. The lowest BCUT2D eigenvalue weighted by Crippen LogP contribution is -2.44. The van der Waals surface area contributed by atoms with Gasteiger partial charge in [-0.25, -0.2) is 0 Å². The minimum atomic E-state index is 0.829. The molecule has 0 aliphatic carbocycles. The highest BCUT2D eigenvalue weighted by molar-refractivity contribution is 4.70. The predicted molar refractivity (Wildman–Crippen MR) is 49.9 cm³/mol. The average molecular weight is 171 g/mol. The lowest BCUT2D eigenvalue weighted by molar-refractivity contribution is 0.0919. The van der Waals surface area contributed by atoms with Crippen molar-refractivity contribution in [2.45, 2.75) is 6.92 Å². The molecule has 0 N–H and O–H groups in total. The van der Waals surface area contributed by atoms with Crippen LogP contribution < -0.4 is 0 Å². The monoisotopic (exact) mass is 171 g/mol. The normalized spacial score (nSPS) is 21.5. The van der Waals surface area contributed by atoms with E-state index in [1.165, 1.54) is 0 Å². The molecule has 1 aliphatic heterocycles. The summed E-state index contributed by atoms with van der Waals surface area (Å²) in [7, 11) is 3.90. The zero-order valence-corrected chi connectivity index (χ0v) is 7.96. The maximum Gasteiger partial charge on any atom is 0.0593 e. The second-order valence-corrected chi connectivity index (χ2v) is 3.16. The molecule has 0 aromatic carbocycles. The van der Waals surface area contributed by atoms with Crippen molar-refractivity contribution in [2.75, 3.05) is 45.9 Å². The summed E-state index contributed by atoms with van der Waals surface area (Å²) in [4.78, 5) is 4.55. The summed E-state index contributed by atoms with van der Waals surface area (Å²) >= 11 is 0. The smallest absolute Gasteiger partial charge is 0.0593 e. The quantitative estimate of drug-likeness (QED) is 0.451. The molecule has 0 aromatic heterocycles. The van der Waals surface area contributed by atoms with Gasteiger partial charge >= 0.3 is 0 Å². The number of hydrogen-bond acceptors (Lipinski definition) is 3. The average Bonchev–Trinajstić information content (AvgIpc) is 2.09. The number of piperazine rings is 1. The fourth-order valence-corrected chi connectivity index (χ4v) is 1.35. The predicted octanol–water partition coefficient (Wildman–Crippen LogP) is 0.432. The second-order valence-electron chi connectivity index (χ2n) is 3.16. The van der Waals surface area contributed by atoms with E-state index in [4.69, 9.17) is 4.74 Å². The van der Waals surface area contributed by atoms with Crippen LogP contribution in [-0.2, 0) is 4.74 Å². The van der Waals surface area contributed by atoms with Crippen LogP contribution in [0.4, 0.5) is 0 Å². The van der Waals surface area contributed by atoms with E-state index < -0.39 is 0 Å². The molecular weight excluding hydrogens is 152 g/mol. The Morgan fingerprint density at radius 1 is 1.25 bits per heavy atom. The van der Waals surface area contributed by atoms with Crippen molar-refractivity contribution in [1.29, 1.82) is 0 Å². The van der Waals surface area contributed by atoms with E-state index in [-0.39, 0.29) is 0 Å². The van der Waals surface area contributed by atoms with Crippen molar-refractivity contribution in [3.8, 4) is 0 Å². The van der Waals surface area contributed by atoms with Gasteiger partial charge in [0.2, 0.25) is 0 Å². The molecule has 0 bridgehead atoms. The highest BCUT2D eigenvalue weighted by atomic mass is 16.5. The summed E-state index contributed by atoms with van der Waals surface area (Å²) in [6, 6.07) is 0. The molecule has 0 spiro atoms. The highest BCUT2D eigenvalue weighted by Gasteiger charge is 2.09. The van der Waals surface area contributed by atoms with Gasteiger partial charge in [0.1, 0.15) is 0 Å². The first-order valence-corrected chi connectivity index (χ1v) is 4.68. The molecule has 0 aromatic rings. The Kier molecular flexibility index (Phi) is 4.58. The summed E-state index contributed by atoms with van der Waals surface area (Å²) in [5.41, 5.74) is 0. The first kappa shape index (κ1) is 9.96. The second kappa shape index (κ2) is 5.51. The van der Waals surface area contributed by atoms with E-state index in [1.54, 1.807) is 0 Å². The fourth-order valence-electron chi connectivity index (χ4n) is 1.35. The Bertz CT molecular complexity index is 111. The van der Waals surface area contributed by atoms with Gasteiger partial charge in [-0.2, -0.15) is 0 Å². The van der Waals surface area contributed by atoms with Crippen LogP contribution in [0.5, 0.6) is 0 Å². The van der Waals surface area contributed by atoms with Crippen LogP contribution in [0.2, 0.25) is 0 Å². The molecule has 0 unspecified atom stereocenters. The van der Waals surface area contributed by atoms with Crippen molar-refractivity contribution < 1.29 is 4.74 Å². The molecule has 1 aliphatic rings. The molecule has 0 atom stereocenters. The minimum absolute atomic E-state index is 0.829. The van der Waals surface area contributed by atoms with Crippen LogP contribution in [0.15, 0.2) is 0 Å². The Morgan fingerprint density at radius 3 is 2.50 bits per heavy atom. The molecule has 1 fully saturated rings. The van der Waals surface area contributed by atoms with Crippen LogP contribution in [-0.4, -0.2) is 55.7 Å². The Morgan fingerprint density at radius 2 is 1.92 bits per heavy atom. The standard InChI is InChI=1S/C9H19N2O/c1-3-12-9-8-11-6-4-10(2)5-7-11/h2-9H2,1H3/q-1. The van der Waals surface area contributed by atoms with Gasteiger partial charge in [-0.3, -0.25) is 11.9 Å². The fraction of sp³-hybridized carbons (Fsp3) is 0.889. The third-order valence-electron chi connectivity index (χ3n) is 2.22. The largest absolute Gasteiger partial charge is 0.457 e. The van der Waals surface area contributed by atoms with Crippen LogP contribution >= 0.6 is 0 Å².